The van der Waals surface area contributed by atoms with E-state index in [0.29, 0.717) is 24.3 Å². The van der Waals surface area contributed by atoms with Crippen molar-refractivity contribution >= 4 is 19.7 Å². The molecule has 17 heavy (non-hydrogen) atoms. The van der Waals surface area contributed by atoms with E-state index in [-0.39, 0.29) is 4.90 Å². The second-order valence-corrected chi connectivity index (χ2v) is 6.09. The van der Waals surface area contributed by atoms with Gasteiger partial charge in [-0.2, -0.15) is 0 Å². The molecule has 5 heteroatoms. The summed E-state index contributed by atoms with van der Waals surface area (Å²) < 4.78 is 28.0. The molecule has 0 spiro atoms. The largest absolute Gasteiger partial charge is 0.492 e. The summed E-state index contributed by atoms with van der Waals surface area (Å²) in [7, 11) is 1.61. The molecule has 0 aliphatic carbocycles. The summed E-state index contributed by atoms with van der Waals surface area (Å²) in [5.74, 6) is 3.09. The fourth-order valence-corrected chi connectivity index (χ4v) is 2.66. The van der Waals surface area contributed by atoms with Crippen LogP contribution in [0, 0.1) is 26.2 Å². The van der Waals surface area contributed by atoms with Crippen molar-refractivity contribution in [1.82, 2.24) is 0 Å². The van der Waals surface area contributed by atoms with E-state index in [1.165, 1.54) is 6.07 Å². The van der Waals surface area contributed by atoms with Gasteiger partial charge in [-0.15, -0.1) is 12.3 Å². The molecule has 0 unspecified atom stereocenters. The van der Waals surface area contributed by atoms with Gasteiger partial charge in [0, 0.05) is 17.1 Å². The van der Waals surface area contributed by atoms with Crippen LogP contribution >= 0.6 is 10.7 Å². The van der Waals surface area contributed by atoms with Crippen LogP contribution in [0.3, 0.4) is 0 Å². The number of halogens is 1. The Hall–Kier alpha value is -1.18. The smallest absolute Gasteiger partial charge is 0.261 e. The lowest BCUT2D eigenvalue weighted by molar-refractivity contribution is 0.324. The lowest BCUT2D eigenvalue weighted by Gasteiger charge is -2.12. The van der Waals surface area contributed by atoms with E-state index >= 15 is 0 Å². The number of hydrogen-bond acceptors (Lipinski definition) is 3. The Bertz CT molecular complexity index is 556. The molecule has 0 amide bonds. The predicted octanol–water partition coefficient (Wildman–Crippen LogP) is 2.63. The first-order chi connectivity index (χ1) is 7.88. The first-order valence-electron chi connectivity index (χ1n) is 4.99. The summed E-state index contributed by atoms with van der Waals surface area (Å²) in [6.45, 7) is 3.88. The van der Waals surface area contributed by atoms with Crippen LogP contribution in [0.25, 0.3) is 0 Å². The number of hydrogen-bond donors (Lipinski definition) is 0. The Labute approximate surface area is 106 Å². The highest BCUT2D eigenvalue weighted by Crippen LogP contribution is 2.28. The molecule has 0 atom stereocenters. The van der Waals surface area contributed by atoms with E-state index in [2.05, 4.69) is 5.92 Å². The molecule has 0 N–H and O–H groups in total. The van der Waals surface area contributed by atoms with Crippen molar-refractivity contribution in [3.05, 3.63) is 23.3 Å². The van der Waals surface area contributed by atoms with Crippen molar-refractivity contribution in [2.45, 2.75) is 25.2 Å². The lowest BCUT2D eigenvalue weighted by atomic mass is 10.1. The van der Waals surface area contributed by atoms with E-state index < -0.39 is 9.05 Å². The molecule has 1 aromatic carbocycles. The first kappa shape index (κ1) is 13.9. The molecule has 92 valence electrons. The topological polar surface area (TPSA) is 43.4 Å². The molecule has 3 nitrogen and oxygen atoms in total. The van der Waals surface area contributed by atoms with Crippen LogP contribution in [0.1, 0.15) is 17.5 Å². The fraction of sp³-hybridized carbons (Fsp3) is 0.333. The van der Waals surface area contributed by atoms with Crippen molar-refractivity contribution in [1.29, 1.82) is 0 Å². The predicted molar refractivity (Wildman–Crippen MR) is 67.9 cm³/mol. The fourth-order valence-electron chi connectivity index (χ4n) is 1.41. The van der Waals surface area contributed by atoms with Gasteiger partial charge in [0.05, 0.1) is 11.5 Å². The van der Waals surface area contributed by atoms with Gasteiger partial charge in [0.1, 0.15) is 5.75 Å². The van der Waals surface area contributed by atoms with Gasteiger partial charge in [0.2, 0.25) is 0 Å². The third kappa shape index (κ3) is 3.39. The summed E-state index contributed by atoms with van der Waals surface area (Å²) in [5, 5.41) is 0. The summed E-state index contributed by atoms with van der Waals surface area (Å²) in [6.07, 6.45) is 5.62. The minimum absolute atomic E-state index is 0.112. The lowest BCUT2D eigenvalue weighted by Crippen LogP contribution is -2.02. The molecule has 0 radical (unpaired) electrons. The normalized spacial score (nSPS) is 10.9. The maximum atomic E-state index is 11.3. The van der Waals surface area contributed by atoms with Crippen LogP contribution in [0.15, 0.2) is 17.0 Å². The number of ether oxygens (including phenoxy) is 1. The average molecular weight is 273 g/mol. The maximum absolute atomic E-state index is 11.3. The molecule has 1 rings (SSSR count). The summed E-state index contributed by atoms with van der Waals surface area (Å²) in [6, 6.07) is 3.03. The molecule has 0 heterocycles. The monoisotopic (exact) mass is 272 g/mol. The van der Waals surface area contributed by atoms with Gasteiger partial charge in [0.15, 0.2) is 0 Å². The van der Waals surface area contributed by atoms with E-state index in [1.54, 1.807) is 19.9 Å². The zero-order valence-corrected chi connectivity index (χ0v) is 11.2. The van der Waals surface area contributed by atoms with Gasteiger partial charge in [-0.05, 0) is 37.1 Å². The van der Waals surface area contributed by atoms with Crippen molar-refractivity contribution in [3.8, 4) is 18.1 Å². The zero-order valence-electron chi connectivity index (χ0n) is 9.66. The van der Waals surface area contributed by atoms with Gasteiger partial charge in [-0.25, -0.2) is 8.42 Å². The van der Waals surface area contributed by atoms with E-state index in [9.17, 15) is 8.42 Å². The molecular weight excluding hydrogens is 260 g/mol. The van der Waals surface area contributed by atoms with Crippen LogP contribution in [-0.2, 0) is 9.05 Å². The summed E-state index contributed by atoms with van der Waals surface area (Å²) in [4.78, 5) is 0.112. The minimum Gasteiger partial charge on any atom is -0.492 e. The Morgan fingerprint density at radius 3 is 2.53 bits per heavy atom. The quantitative estimate of drug-likeness (QED) is 0.481. The molecule has 0 aliphatic rings. The second kappa shape index (κ2) is 5.44. The van der Waals surface area contributed by atoms with Crippen LogP contribution in [-0.4, -0.2) is 15.0 Å². The van der Waals surface area contributed by atoms with Crippen molar-refractivity contribution in [2.24, 2.45) is 0 Å². The van der Waals surface area contributed by atoms with Gasteiger partial charge in [-0.3, -0.25) is 0 Å². The van der Waals surface area contributed by atoms with Crippen LogP contribution < -0.4 is 4.74 Å². The highest BCUT2D eigenvalue weighted by atomic mass is 35.7. The van der Waals surface area contributed by atoms with Gasteiger partial charge < -0.3 is 4.74 Å². The maximum Gasteiger partial charge on any atom is 0.261 e. The molecule has 0 saturated carbocycles. The Morgan fingerprint density at radius 1 is 1.35 bits per heavy atom. The highest BCUT2D eigenvalue weighted by Gasteiger charge is 2.16. The van der Waals surface area contributed by atoms with Gasteiger partial charge in [0.25, 0.3) is 9.05 Å². The van der Waals surface area contributed by atoms with Crippen LogP contribution in [0.2, 0.25) is 0 Å². The molecule has 0 aliphatic heterocycles. The zero-order chi connectivity index (χ0) is 13.1. The number of terminal acetylenes is 1. The van der Waals surface area contributed by atoms with Crippen molar-refractivity contribution < 1.29 is 13.2 Å². The Morgan fingerprint density at radius 2 is 2.00 bits per heavy atom. The Kier molecular flexibility index (Phi) is 4.44. The SMILES string of the molecule is C#CCCOc1ccc(S(=O)(=O)Cl)c(C)c1C. The molecule has 0 saturated heterocycles. The third-order valence-corrected chi connectivity index (χ3v) is 3.92. The van der Waals surface area contributed by atoms with E-state index in [0.717, 1.165) is 5.56 Å². The average Bonchev–Trinajstić information content (AvgIpc) is 2.23. The van der Waals surface area contributed by atoms with Crippen molar-refractivity contribution in [2.75, 3.05) is 6.61 Å². The van der Waals surface area contributed by atoms with E-state index in [4.69, 9.17) is 21.8 Å². The third-order valence-electron chi connectivity index (χ3n) is 2.45. The Balaban J connectivity index is 3.08. The van der Waals surface area contributed by atoms with Gasteiger partial charge >= 0.3 is 0 Å². The van der Waals surface area contributed by atoms with Gasteiger partial charge in [-0.1, -0.05) is 0 Å². The molecule has 0 bridgehead atoms. The summed E-state index contributed by atoms with van der Waals surface area (Å²) in [5.41, 5.74) is 1.35. The minimum atomic E-state index is -3.71. The second-order valence-electron chi connectivity index (χ2n) is 3.55. The summed E-state index contributed by atoms with van der Waals surface area (Å²) >= 11 is 0. The number of rotatable bonds is 4. The van der Waals surface area contributed by atoms with E-state index in [1.807, 2.05) is 0 Å². The number of benzene rings is 1. The molecule has 1 aromatic rings. The van der Waals surface area contributed by atoms with Crippen LogP contribution in [0.4, 0.5) is 0 Å². The molecular formula is C12H13ClO3S. The molecule has 0 fully saturated rings. The highest BCUT2D eigenvalue weighted by molar-refractivity contribution is 8.13. The van der Waals surface area contributed by atoms with Crippen molar-refractivity contribution in [3.63, 3.8) is 0 Å². The molecule has 0 aromatic heterocycles. The first-order valence-corrected chi connectivity index (χ1v) is 7.30. The van der Waals surface area contributed by atoms with Crippen LogP contribution in [0.5, 0.6) is 5.75 Å². The standard InChI is InChI=1S/C12H13ClO3S/c1-4-5-8-16-11-6-7-12(17(13,14)15)10(3)9(11)2/h1,6-7H,5,8H2,2-3H3.